The van der Waals surface area contributed by atoms with E-state index in [2.05, 4.69) is 88.8 Å². The molecule has 1 aliphatic carbocycles. The molecule has 20 heavy (non-hydrogen) atoms. The third-order valence-corrected chi connectivity index (χ3v) is 4.42. The zero-order chi connectivity index (χ0) is 13.8. The number of alkyl halides is 1. The van der Waals surface area contributed by atoms with E-state index >= 15 is 0 Å². The van der Waals surface area contributed by atoms with E-state index in [0.29, 0.717) is 5.92 Å². The van der Waals surface area contributed by atoms with Gasteiger partial charge in [-0.1, -0.05) is 88.8 Å². The molecule has 0 saturated heterocycles. The minimum absolute atomic E-state index is 0.516. The standard InChI is InChI=1S/C19H17Br/c20-14-15-6-8-17(9-7-15)19-12-10-18(11-13-19)16-4-2-1-3-5-16/h1-10,12-13,18H,11,14H2. The molecule has 0 aliphatic heterocycles. The molecular weight excluding hydrogens is 308 g/mol. The molecule has 0 bridgehead atoms. The molecular formula is C19H17Br. The lowest BCUT2D eigenvalue weighted by molar-refractivity contribution is 0.856. The summed E-state index contributed by atoms with van der Waals surface area (Å²) in [6.45, 7) is 0. The fourth-order valence-electron chi connectivity index (χ4n) is 2.57. The highest BCUT2D eigenvalue weighted by Gasteiger charge is 2.11. The highest BCUT2D eigenvalue weighted by atomic mass is 79.9. The first-order valence-corrected chi connectivity index (χ1v) is 8.07. The van der Waals surface area contributed by atoms with Crippen LogP contribution in [0.2, 0.25) is 0 Å². The summed E-state index contributed by atoms with van der Waals surface area (Å²) >= 11 is 3.48. The van der Waals surface area contributed by atoms with Crippen LogP contribution in [0.25, 0.3) is 5.57 Å². The van der Waals surface area contributed by atoms with Crippen molar-refractivity contribution in [3.05, 3.63) is 89.5 Å². The normalized spacial score (nSPS) is 17.9. The topological polar surface area (TPSA) is 0 Å². The summed E-state index contributed by atoms with van der Waals surface area (Å²) < 4.78 is 0. The van der Waals surface area contributed by atoms with Gasteiger partial charge in [-0.05, 0) is 28.7 Å². The fourth-order valence-corrected chi connectivity index (χ4v) is 2.94. The summed E-state index contributed by atoms with van der Waals surface area (Å²) in [6.07, 6.45) is 8.00. The molecule has 0 fully saturated rings. The summed E-state index contributed by atoms with van der Waals surface area (Å²) in [4.78, 5) is 0. The Balaban J connectivity index is 1.75. The third-order valence-electron chi connectivity index (χ3n) is 3.77. The van der Waals surface area contributed by atoms with Crippen LogP contribution >= 0.6 is 15.9 Å². The first kappa shape index (κ1) is 13.4. The number of hydrogen-bond donors (Lipinski definition) is 0. The second-order valence-corrected chi connectivity index (χ2v) is 5.66. The quantitative estimate of drug-likeness (QED) is 0.634. The van der Waals surface area contributed by atoms with E-state index < -0.39 is 0 Å². The van der Waals surface area contributed by atoms with Gasteiger partial charge in [-0.3, -0.25) is 0 Å². The van der Waals surface area contributed by atoms with Crippen molar-refractivity contribution in [1.82, 2.24) is 0 Å². The second-order valence-electron chi connectivity index (χ2n) is 5.10. The maximum absolute atomic E-state index is 3.48. The van der Waals surface area contributed by atoms with Gasteiger partial charge >= 0.3 is 0 Å². The van der Waals surface area contributed by atoms with Gasteiger partial charge in [0.15, 0.2) is 0 Å². The van der Waals surface area contributed by atoms with E-state index in [1.54, 1.807) is 0 Å². The van der Waals surface area contributed by atoms with E-state index in [1.807, 2.05) is 0 Å². The lowest BCUT2D eigenvalue weighted by atomic mass is 9.88. The van der Waals surface area contributed by atoms with E-state index in [1.165, 1.54) is 22.3 Å². The zero-order valence-corrected chi connectivity index (χ0v) is 12.9. The Bertz CT molecular complexity index is 621. The van der Waals surface area contributed by atoms with Crippen LogP contribution in [-0.2, 0) is 5.33 Å². The van der Waals surface area contributed by atoms with Crippen molar-refractivity contribution in [2.45, 2.75) is 17.7 Å². The minimum atomic E-state index is 0.516. The van der Waals surface area contributed by atoms with Crippen LogP contribution in [0.4, 0.5) is 0 Å². The lowest BCUT2D eigenvalue weighted by Crippen LogP contribution is -1.98. The molecule has 1 atom stereocenters. The average Bonchev–Trinajstić information content (AvgIpc) is 2.56. The molecule has 1 unspecified atom stereocenters. The first-order valence-electron chi connectivity index (χ1n) is 6.95. The highest BCUT2D eigenvalue weighted by molar-refractivity contribution is 9.08. The number of benzene rings is 2. The van der Waals surface area contributed by atoms with E-state index in [4.69, 9.17) is 0 Å². The van der Waals surface area contributed by atoms with Crippen LogP contribution in [0.1, 0.15) is 29.0 Å². The number of rotatable bonds is 3. The fraction of sp³-hybridized carbons (Fsp3) is 0.158. The maximum atomic E-state index is 3.48. The molecule has 0 spiro atoms. The highest BCUT2D eigenvalue weighted by Crippen LogP contribution is 2.30. The molecule has 0 aromatic heterocycles. The molecule has 0 amide bonds. The molecule has 0 radical (unpaired) electrons. The first-order chi connectivity index (χ1) is 9.86. The molecule has 0 N–H and O–H groups in total. The summed E-state index contributed by atoms with van der Waals surface area (Å²) in [6, 6.07) is 19.5. The summed E-state index contributed by atoms with van der Waals surface area (Å²) in [5, 5.41) is 0.915. The number of halogens is 1. The van der Waals surface area contributed by atoms with Gasteiger partial charge in [-0.25, -0.2) is 0 Å². The molecule has 100 valence electrons. The van der Waals surface area contributed by atoms with Crippen LogP contribution in [0.3, 0.4) is 0 Å². The van der Waals surface area contributed by atoms with Crippen molar-refractivity contribution < 1.29 is 0 Å². The van der Waals surface area contributed by atoms with Gasteiger partial charge in [0, 0.05) is 11.2 Å². The van der Waals surface area contributed by atoms with Crippen LogP contribution in [0.5, 0.6) is 0 Å². The Morgan fingerprint density at radius 3 is 2.30 bits per heavy atom. The largest absolute Gasteiger partial charge is 0.0876 e. The summed E-state index contributed by atoms with van der Waals surface area (Å²) in [7, 11) is 0. The molecule has 2 aromatic rings. The molecule has 3 rings (SSSR count). The van der Waals surface area contributed by atoms with Crippen molar-refractivity contribution in [3.63, 3.8) is 0 Å². The van der Waals surface area contributed by atoms with Gasteiger partial charge in [0.25, 0.3) is 0 Å². The van der Waals surface area contributed by atoms with Crippen molar-refractivity contribution in [2.24, 2.45) is 0 Å². The molecule has 1 aliphatic rings. The van der Waals surface area contributed by atoms with Gasteiger partial charge in [0.1, 0.15) is 0 Å². The van der Waals surface area contributed by atoms with E-state index in [0.717, 1.165) is 11.8 Å². The van der Waals surface area contributed by atoms with Gasteiger partial charge in [0.2, 0.25) is 0 Å². The van der Waals surface area contributed by atoms with Gasteiger partial charge in [0.05, 0.1) is 0 Å². The lowest BCUT2D eigenvalue weighted by Gasteiger charge is -2.17. The Morgan fingerprint density at radius 1 is 0.950 bits per heavy atom. The molecule has 1 heteroatoms. The molecule has 0 nitrogen and oxygen atoms in total. The smallest absolute Gasteiger partial charge is 0.0283 e. The minimum Gasteiger partial charge on any atom is -0.0876 e. The second kappa shape index (κ2) is 6.23. The van der Waals surface area contributed by atoms with Gasteiger partial charge < -0.3 is 0 Å². The van der Waals surface area contributed by atoms with Crippen molar-refractivity contribution in [2.75, 3.05) is 0 Å². The van der Waals surface area contributed by atoms with Crippen LogP contribution < -0.4 is 0 Å². The SMILES string of the molecule is BrCc1ccc(C2=CCC(c3ccccc3)C=C2)cc1. The average molecular weight is 325 g/mol. The zero-order valence-electron chi connectivity index (χ0n) is 11.3. The predicted octanol–water partition coefficient (Wildman–Crippen LogP) is 5.71. The summed E-state index contributed by atoms with van der Waals surface area (Å²) in [5.41, 5.74) is 5.35. The Kier molecular flexibility index (Phi) is 4.17. The number of allylic oxidation sites excluding steroid dienone is 4. The Hall–Kier alpha value is -1.60. The molecule has 0 heterocycles. The van der Waals surface area contributed by atoms with Crippen LogP contribution in [-0.4, -0.2) is 0 Å². The Labute approximate surface area is 129 Å². The van der Waals surface area contributed by atoms with Crippen molar-refractivity contribution in [1.29, 1.82) is 0 Å². The van der Waals surface area contributed by atoms with E-state index in [-0.39, 0.29) is 0 Å². The van der Waals surface area contributed by atoms with Crippen LogP contribution in [0, 0.1) is 0 Å². The molecule has 0 saturated carbocycles. The van der Waals surface area contributed by atoms with Crippen molar-refractivity contribution in [3.8, 4) is 0 Å². The van der Waals surface area contributed by atoms with E-state index in [9.17, 15) is 0 Å². The van der Waals surface area contributed by atoms with Crippen molar-refractivity contribution >= 4 is 21.5 Å². The Morgan fingerprint density at radius 2 is 1.70 bits per heavy atom. The predicted molar refractivity (Wildman–Crippen MR) is 90.0 cm³/mol. The van der Waals surface area contributed by atoms with Crippen LogP contribution in [0.15, 0.2) is 72.8 Å². The monoisotopic (exact) mass is 324 g/mol. The summed E-state index contributed by atoms with van der Waals surface area (Å²) in [5.74, 6) is 0.516. The van der Waals surface area contributed by atoms with Gasteiger partial charge in [-0.2, -0.15) is 0 Å². The number of hydrogen-bond acceptors (Lipinski definition) is 0. The van der Waals surface area contributed by atoms with Gasteiger partial charge in [-0.15, -0.1) is 0 Å². The maximum Gasteiger partial charge on any atom is 0.0283 e. The third kappa shape index (κ3) is 2.94. The molecule has 2 aromatic carbocycles.